The molecule has 0 amide bonds. The number of aryl methyl sites for hydroxylation is 1. The minimum absolute atomic E-state index is 0. The lowest BCUT2D eigenvalue weighted by atomic mass is 10.1. The van der Waals surface area contributed by atoms with Gasteiger partial charge in [-0.05, 0) is 49.4 Å². The first kappa shape index (κ1) is 23.6. The molecule has 1 aromatic carbocycles. The van der Waals surface area contributed by atoms with Crippen LogP contribution in [0.25, 0.3) is 0 Å². The van der Waals surface area contributed by atoms with Crippen LogP contribution in [0.15, 0.2) is 46.8 Å². The largest absolute Gasteiger partial charge is 0.356 e. The third kappa shape index (κ3) is 6.97. The van der Waals surface area contributed by atoms with Gasteiger partial charge in [0.2, 0.25) is 0 Å². The van der Waals surface area contributed by atoms with E-state index in [1.54, 1.807) is 11.3 Å². The second kappa shape index (κ2) is 11.5. The van der Waals surface area contributed by atoms with Gasteiger partial charge >= 0.3 is 0 Å². The van der Waals surface area contributed by atoms with Crippen LogP contribution in [0.1, 0.15) is 35.1 Å². The Morgan fingerprint density at radius 2 is 2.10 bits per heavy atom. The van der Waals surface area contributed by atoms with Crippen LogP contribution < -0.4 is 10.6 Å². The molecule has 1 atom stereocenters. The smallest absolute Gasteiger partial charge is 0.192 e. The van der Waals surface area contributed by atoms with Crippen molar-refractivity contribution in [1.29, 1.82) is 0 Å². The van der Waals surface area contributed by atoms with E-state index in [0.29, 0.717) is 6.54 Å². The molecule has 29 heavy (non-hydrogen) atoms. The SMILES string of the molecule is Cc1nnc(CN=C(NCCc2cccs2)NC(C)c2cccc(Cl)c2)n1C.I. The van der Waals surface area contributed by atoms with Crippen LogP contribution in [0.2, 0.25) is 5.02 Å². The van der Waals surface area contributed by atoms with Crippen LogP contribution in [0, 0.1) is 6.92 Å². The molecule has 0 radical (unpaired) electrons. The Kier molecular flexibility index (Phi) is 9.38. The summed E-state index contributed by atoms with van der Waals surface area (Å²) in [6.07, 6.45) is 0.951. The normalized spacial score (nSPS) is 12.3. The maximum absolute atomic E-state index is 6.14. The first-order chi connectivity index (χ1) is 13.5. The summed E-state index contributed by atoms with van der Waals surface area (Å²) in [6.45, 7) is 5.27. The summed E-state index contributed by atoms with van der Waals surface area (Å²) in [5.74, 6) is 2.44. The number of rotatable bonds is 7. The van der Waals surface area contributed by atoms with Crippen molar-refractivity contribution in [2.45, 2.75) is 32.9 Å². The number of aromatic nitrogens is 3. The van der Waals surface area contributed by atoms with Crippen molar-refractivity contribution >= 4 is 52.9 Å². The molecule has 0 aliphatic heterocycles. The minimum Gasteiger partial charge on any atom is -0.356 e. The molecule has 0 aliphatic rings. The average molecular weight is 545 g/mol. The van der Waals surface area contributed by atoms with E-state index in [9.17, 15) is 0 Å². The molecule has 3 aromatic rings. The molecule has 2 aromatic heterocycles. The highest BCUT2D eigenvalue weighted by atomic mass is 127. The molecule has 2 heterocycles. The van der Waals surface area contributed by atoms with Gasteiger partial charge < -0.3 is 15.2 Å². The Hall–Kier alpha value is -1.65. The van der Waals surface area contributed by atoms with Gasteiger partial charge in [-0.25, -0.2) is 4.99 Å². The van der Waals surface area contributed by atoms with Crippen LogP contribution in [-0.2, 0) is 20.0 Å². The number of thiophene rings is 1. The van der Waals surface area contributed by atoms with Gasteiger partial charge in [0.15, 0.2) is 11.8 Å². The zero-order valence-corrected chi connectivity index (χ0v) is 20.6. The monoisotopic (exact) mass is 544 g/mol. The molecule has 0 saturated heterocycles. The van der Waals surface area contributed by atoms with E-state index >= 15 is 0 Å². The van der Waals surface area contributed by atoms with Gasteiger partial charge in [-0.1, -0.05) is 29.8 Å². The Balaban J connectivity index is 0.00000300. The summed E-state index contributed by atoms with van der Waals surface area (Å²) in [5.41, 5.74) is 1.11. The number of hydrogen-bond acceptors (Lipinski definition) is 4. The Bertz CT molecular complexity index is 925. The fourth-order valence-electron chi connectivity index (χ4n) is 2.71. The number of nitrogens with zero attached hydrogens (tertiary/aromatic N) is 4. The third-order valence-electron chi connectivity index (χ3n) is 4.51. The lowest BCUT2D eigenvalue weighted by Crippen LogP contribution is -2.39. The quantitative estimate of drug-likeness (QED) is 0.261. The van der Waals surface area contributed by atoms with Crippen LogP contribution >= 0.6 is 46.9 Å². The van der Waals surface area contributed by atoms with E-state index in [1.807, 2.05) is 36.7 Å². The van der Waals surface area contributed by atoms with Crippen molar-refractivity contribution in [3.05, 3.63) is 68.9 Å². The number of hydrogen-bond donors (Lipinski definition) is 2. The molecule has 156 valence electrons. The molecular weight excluding hydrogens is 519 g/mol. The molecule has 1 unspecified atom stereocenters. The van der Waals surface area contributed by atoms with Crippen LogP contribution in [0.5, 0.6) is 0 Å². The fourth-order valence-corrected chi connectivity index (χ4v) is 3.62. The zero-order valence-electron chi connectivity index (χ0n) is 16.7. The van der Waals surface area contributed by atoms with E-state index in [-0.39, 0.29) is 30.0 Å². The molecule has 0 saturated carbocycles. The van der Waals surface area contributed by atoms with Gasteiger partial charge in [-0.3, -0.25) is 0 Å². The molecule has 0 bridgehead atoms. The molecule has 6 nitrogen and oxygen atoms in total. The van der Waals surface area contributed by atoms with E-state index in [1.165, 1.54) is 4.88 Å². The molecule has 0 aliphatic carbocycles. The van der Waals surface area contributed by atoms with E-state index in [4.69, 9.17) is 16.6 Å². The highest BCUT2D eigenvalue weighted by molar-refractivity contribution is 14.0. The average Bonchev–Trinajstić information content (AvgIpc) is 3.30. The van der Waals surface area contributed by atoms with Crippen LogP contribution in [0.3, 0.4) is 0 Å². The second-order valence-electron chi connectivity index (χ2n) is 6.56. The van der Waals surface area contributed by atoms with Crippen molar-refractivity contribution in [3.8, 4) is 0 Å². The number of halogens is 2. The van der Waals surface area contributed by atoms with Gasteiger partial charge in [0.25, 0.3) is 0 Å². The Morgan fingerprint density at radius 3 is 2.76 bits per heavy atom. The standard InChI is InChI=1S/C20H25ClN6S.HI/c1-14(16-6-4-7-17(21)12-16)24-20(22-10-9-18-8-5-11-28-18)23-13-19-26-25-15(2)27(19)3;/h4-8,11-12,14H,9-10,13H2,1-3H3,(H2,22,23,24);1H. The number of guanidine groups is 1. The third-order valence-corrected chi connectivity index (χ3v) is 5.68. The maximum atomic E-state index is 6.14. The molecule has 0 spiro atoms. The first-order valence-corrected chi connectivity index (χ1v) is 10.5. The minimum atomic E-state index is 0. The zero-order chi connectivity index (χ0) is 19.9. The summed E-state index contributed by atoms with van der Waals surface area (Å²) >= 11 is 7.90. The van der Waals surface area contributed by atoms with Gasteiger partial charge in [0.05, 0.1) is 6.04 Å². The number of benzene rings is 1. The maximum Gasteiger partial charge on any atom is 0.192 e. The molecular formula is C20H26ClIN6S. The highest BCUT2D eigenvalue weighted by Gasteiger charge is 2.10. The summed E-state index contributed by atoms with van der Waals surface area (Å²) < 4.78 is 1.95. The van der Waals surface area contributed by atoms with Crippen LogP contribution in [-0.4, -0.2) is 27.3 Å². The summed E-state index contributed by atoms with van der Waals surface area (Å²) in [6, 6.07) is 12.1. The summed E-state index contributed by atoms with van der Waals surface area (Å²) in [5, 5.41) is 18.0. The lowest BCUT2D eigenvalue weighted by molar-refractivity contribution is 0.676. The number of aliphatic imine (C=N–C) groups is 1. The van der Waals surface area contributed by atoms with E-state index in [0.717, 1.165) is 41.2 Å². The highest BCUT2D eigenvalue weighted by Crippen LogP contribution is 2.17. The second-order valence-corrected chi connectivity index (χ2v) is 8.03. The van der Waals surface area contributed by atoms with Gasteiger partial charge in [-0.2, -0.15) is 0 Å². The molecule has 3 rings (SSSR count). The summed E-state index contributed by atoms with van der Waals surface area (Å²) in [7, 11) is 1.95. The van der Waals surface area contributed by atoms with Gasteiger partial charge in [-0.15, -0.1) is 45.5 Å². The lowest BCUT2D eigenvalue weighted by Gasteiger charge is -2.19. The molecule has 2 N–H and O–H groups in total. The summed E-state index contributed by atoms with van der Waals surface area (Å²) in [4.78, 5) is 6.06. The Morgan fingerprint density at radius 1 is 1.28 bits per heavy atom. The van der Waals surface area contributed by atoms with Crippen LogP contribution in [0.4, 0.5) is 0 Å². The predicted molar refractivity (Wildman–Crippen MR) is 131 cm³/mol. The fraction of sp³-hybridized carbons (Fsp3) is 0.350. The van der Waals surface area contributed by atoms with Crippen molar-refractivity contribution in [3.63, 3.8) is 0 Å². The first-order valence-electron chi connectivity index (χ1n) is 9.20. The van der Waals surface area contributed by atoms with E-state index in [2.05, 4.69) is 51.3 Å². The van der Waals surface area contributed by atoms with Gasteiger partial charge in [0.1, 0.15) is 12.4 Å². The van der Waals surface area contributed by atoms with Gasteiger partial charge in [0, 0.05) is 23.5 Å². The van der Waals surface area contributed by atoms with E-state index < -0.39 is 0 Å². The van der Waals surface area contributed by atoms with Crippen molar-refractivity contribution in [2.75, 3.05) is 6.54 Å². The number of nitrogens with one attached hydrogen (secondary N) is 2. The van der Waals surface area contributed by atoms with Crippen molar-refractivity contribution < 1.29 is 0 Å². The van der Waals surface area contributed by atoms with Crippen molar-refractivity contribution in [1.82, 2.24) is 25.4 Å². The molecule has 0 fully saturated rings. The predicted octanol–water partition coefficient (Wildman–Crippen LogP) is 4.50. The Labute approximate surface area is 197 Å². The topological polar surface area (TPSA) is 67.1 Å². The molecule has 9 heteroatoms. The van der Waals surface area contributed by atoms with Crippen molar-refractivity contribution in [2.24, 2.45) is 12.0 Å².